The molecule has 0 saturated heterocycles. The van der Waals surface area contributed by atoms with Gasteiger partial charge >= 0.3 is 5.97 Å². The van der Waals surface area contributed by atoms with Gasteiger partial charge in [0.1, 0.15) is 6.04 Å². The van der Waals surface area contributed by atoms with Crippen molar-refractivity contribution in [2.45, 2.75) is 32.2 Å². The van der Waals surface area contributed by atoms with Crippen molar-refractivity contribution >= 4 is 18.4 Å². The van der Waals surface area contributed by atoms with Crippen LogP contribution in [0.25, 0.3) is 0 Å². The molecule has 0 spiro atoms. The molecule has 0 saturated carbocycles. The highest BCUT2D eigenvalue weighted by atomic mass is 35.5. The Labute approximate surface area is 108 Å². The normalized spacial score (nSPS) is 13.5. The van der Waals surface area contributed by atoms with E-state index in [9.17, 15) is 4.79 Å². The SMILES string of the molecule is CC(CCc1ccccc1)C[C@@H](N)C(=O)O.Cl. The van der Waals surface area contributed by atoms with Gasteiger partial charge in [0, 0.05) is 0 Å². The first kappa shape index (κ1) is 15.9. The van der Waals surface area contributed by atoms with Crippen molar-refractivity contribution in [3.05, 3.63) is 35.9 Å². The number of carboxylic acid groups (broad SMARTS) is 1. The monoisotopic (exact) mass is 257 g/mol. The zero-order valence-electron chi connectivity index (χ0n) is 10.0. The van der Waals surface area contributed by atoms with E-state index in [0.29, 0.717) is 12.3 Å². The van der Waals surface area contributed by atoms with Crippen molar-refractivity contribution in [2.24, 2.45) is 11.7 Å². The quantitative estimate of drug-likeness (QED) is 0.823. The van der Waals surface area contributed by atoms with Gasteiger partial charge < -0.3 is 10.8 Å². The third-order valence-electron chi connectivity index (χ3n) is 2.74. The highest BCUT2D eigenvalue weighted by Crippen LogP contribution is 2.13. The number of aliphatic carboxylic acids is 1. The summed E-state index contributed by atoms with van der Waals surface area (Å²) < 4.78 is 0. The molecule has 1 unspecified atom stereocenters. The minimum absolute atomic E-state index is 0. The summed E-state index contributed by atoms with van der Waals surface area (Å²) in [6, 6.07) is 9.47. The molecule has 0 aliphatic carbocycles. The average molecular weight is 258 g/mol. The predicted octanol–water partition coefficient (Wildman–Crippen LogP) is 2.48. The number of aryl methyl sites for hydroxylation is 1. The van der Waals surface area contributed by atoms with E-state index < -0.39 is 12.0 Å². The van der Waals surface area contributed by atoms with Gasteiger partial charge in [0.25, 0.3) is 0 Å². The molecule has 3 nitrogen and oxygen atoms in total. The fourth-order valence-corrected chi connectivity index (χ4v) is 1.71. The van der Waals surface area contributed by atoms with Gasteiger partial charge in [0.15, 0.2) is 0 Å². The molecule has 3 N–H and O–H groups in total. The van der Waals surface area contributed by atoms with Crippen LogP contribution in [-0.2, 0) is 11.2 Å². The van der Waals surface area contributed by atoms with Crippen LogP contribution in [0.15, 0.2) is 30.3 Å². The summed E-state index contributed by atoms with van der Waals surface area (Å²) in [6.45, 7) is 2.05. The fourth-order valence-electron chi connectivity index (χ4n) is 1.71. The zero-order chi connectivity index (χ0) is 12.0. The Morgan fingerprint density at radius 1 is 1.35 bits per heavy atom. The standard InChI is InChI=1S/C13H19NO2.ClH/c1-10(9-12(14)13(15)16)7-8-11-5-3-2-4-6-11;/h2-6,10,12H,7-9,14H2,1H3,(H,15,16);1H/t10?,12-;/m1./s1. The number of nitrogens with two attached hydrogens (primary N) is 1. The summed E-state index contributed by atoms with van der Waals surface area (Å²) in [6.07, 6.45) is 2.50. The van der Waals surface area contributed by atoms with E-state index in [-0.39, 0.29) is 12.4 Å². The molecule has 0 aliphatic rings. The molecule has 0 aliphatic heterocycles. The molecule has 1 rings (SSSR count). The van der Waals surface area contributed by atoms with Gasteiger partial charge in [-0.2, -0.15) is 0 Å². The Hall–Kier alpha value is -1.06. The third-order valence-corrected chi connectivity index (χ3v) is 2.74. The first-order chi connectivity index (χ1) is 7.59. The van der Waals surface area contributed by atoms with Gasteiger partial charge in [0.05, 0.1) is 0 Å². The molecule has 0 heterocycles. The van der Waals surface area contributed by atoms with Crippen molar-refractivity contribution in [1.82, 2.24) is 0 Å². The molecule has 0 radical (unpaired) electrons. The van der Waals surface area contributed by atoms with E-state index in [0.717, 1.165) is 12.8 Å². The lowest BCUT2D eigenvalue weighted by Gasteiger charge is -2.13. The molecule has 1 aromatic carbocycles. The Balaban J connectivity index is 0.00000256. The number of carbonyl (C=O) groups is 1. The van der Waals surface area contributed by atoms with Crippen molar-refractivity contribution in [1.29, 1.82) is 0 Å². The van der Waals surface area contributed by atoms with Crippen molar-refractivity contribution in [3.63, 3.8) is 0 Å². The van der Waals surface area contributed by atoms with Crippen molar-refractivity contribution in [2.75, 3.05) is 0 Å². The largest absolute Gasteiger partial charge is 0.480 e. The van der Waals surface area contributed by atoms with Crippen molar-refractivity contribution < 1.29 is 9.90 Å². The summed E-state index contributed by atoms with van der Waals surface area (Å²) in [5.41, 5.74) is 6.78. The smallest absolute Gasteiger partial charge is 0.320 e. The second kappa shape index (κ2) is 8.09. The molecule has 1 aromatic rings. The lowest BCUT2D eigenvalue weighted by Crippen LogP contribution is -2.31. The maximum atomic E-state index is 10.6. The van der Waals surface area contributed by atoms with Gasteiger partial charge in [-0.15, -0.1) is 12.4 Å². The maximum absolute atomic E-state index is 10.6. The first-order valence-electron chi connectivity index (χ1n) is 5.62. The third kappa shape index (κ3) is 6.29. The summed E-state index contributed by atoms with van der Waals surface area (Å²) in [5.74, 6) is -0.571. The Bertz CT molecular complexity index is 329. The minimum atomic E-state index is -0.911. The second-order valence-electron chi connectivity index (χ2n) is 4.31. The number of rotatable bonds is 6. The Morgan fingerprint density at radius 2 is 1.94 bits per heavy atom. The van der Waals surface area contributed by atoms with E-state index in [4.69, 9.17) is 10.8 Å². The average Bonchev–Trinajstić information content (AvgIpc) is 2.27. The van der Waals surface area contributed by atoms with Gasteiger partial charge in [-0.3, -0.25) is 4.79 Å². The predicted molar refractivity (Wildman–Crippen MR) is 71.4 cm³/mol. The molecular weight excluding hydrogens is 238 g/mol. The van der Waals surface area contributed by atoms with Crippen LogP contribution in [0.3, 0.4) is 0 Å². The molecule has 96 valence electrons. The summed E-state index contributed by atoms with van der Waals surface area (Å²) >= 11 is 0. The summed E-state index contributed by atoms with van der Waals surface area (Å²) in [7, 11) is 0. The minimum Gasteiger partial charge on any atom is -0.480 e. The molecule has 0 aromatic heterocycles. The van der Waals surface area contributed by atoms with E-state index in [1.54, 1.807) is 0 Å². The molecule has 2 atom stereocenters. The molecule has 17 heavy (non-hydrogen) atoms. The van der Waals surface area contributed by atoms with Crippen LogP contribution in [-0.4, -0.2) is 17.1 Å². The second-order valence-corrected chi connectivity index (χ2v) is 4.31. The van der Waals surface area contributed by atoms with E-state index >= 15 is 0 Å². The van der Waals surface area contributed by atoms with E-state index in [1.165, 1.54) is 5.56 Å². The van der Waals surface area contributed by atoms with E-state index in [2.05, 4.69) is 12.1 Å². The van der Waals surface area contributed by atoms with Crippen LogP contribution in [0.4, 0.5) is 0 Å². The number of carboxylic acids is 1. The van der Waals surface area contributed by atoms with Crippen LogP contribution in [0.1, 0.15) is 25.3 Å². The highest BCUT2D eigenvalue weighted by molar-refractivity contribution is 5.85. The number of halogens is 1. The molecule has 0 bridgehead atoms. The topological polar surface area (TPSA) is 63.3 Å². The van der Waals surface area contributed by atoms with Gasteiger partial charge in [-0.25, -0.2) is 0 Å². The number of hydrogen-bond donors (Lipinski definition) is 2. The molecule has 4 heteroatoms. The van der Waals surface area contributed by atoms with Crippen molar-refractivity contribution in [3.8, 4) is 0 Å². The van der Waals surface area contributed by atoms with Crippen LogP contribution < -0.4 is 5.73 Å². The molecule has 0 amide bonds. The van der Waals surface area contributed by atoms with Gasteiger partial charge in [0.2, 0.25) is 0 Å². The van der Waals surface area contributed by atoms with Crippen LogP contribution in [0, 0.1) is 5.92 Å². The first-order valence-corrected chi connectivity index (χ1v) is 5.62. The maximum Gasteiger partial charge on any atom is 0.320 e. The summed E-state index contributed by atoms with van der Waals surface area (Å²) in [4.78, 5) is 10.6. The van der Waals surface area contributed by atoms with E-state index in [1.807, 2.05) is 25.1 Å². The lowest BCUT2D eigenvalue weighted by atomic mass is 9.95. The summed E-state index contributed by atoms with van der Waals surface area (Å²) in [5, 5.41) is 8.69. The van der Waals surface area contributed by atoms with Crippen LogP contribution in [0.2, 0.25) is 0 Å². The Kier molecular flexibility index (Phi) is 7.59. The van der Waals surface area contributed by atoms with Crippen LogP contribution >= 0.6 is 12.4 Å². The number of hydrogen-bond acceptors (Lipinski definition) is 2. The number of benzene rings is 1. The van der Waals surface area contributed by atoms with Gasteiger partial charge in [-0.1, -0.05) is 37.3 Å². The molecule has 0 fully saturated rings. The van der Waals surface area contributed by atoms with Gasteiger partial charge in [-0.05, 0) is 30.7 Å². The fraction of sp³-hybridized carbons (Fsp3) is 0.462. The van der Waals surface area contributed by atoms with Crippen LogP contribution in [0.5, 0.6) is 0 Å². The highest BCUT2D eigenvalue weighted by Gasteiger charge is 2.15. The molecular formula is C13H20ClNO2. The lowest BCUT2D eigenvalue weighted by molar-refractivity contribution is -0.138. The Morgan fingerprint density at radius 3 is 2.47 bits per heavy atom. The zero-order valence-corrected chi connectivity index (χ0v) is 10.8.